The van der Waals surface area contributed by atoms with E-state index in [1.165, 1.54) is 12.1 Å². The van der Waals surface area contributed by atoms with Crippen molar-refractivity contribution in [2.24, 2.45) is 5.73 Å². The van der Waals surface area contributed by atoms with Crippen molar-refractivity contribution in [3.63, 3.8) is 0 Å². The number of carbonyl (C=O) groups is 2. The van der Waals surface area contributed by atoms with Crippen LogP contribution in [-0.4, -0.2) is 39.9 Å². The molecule has 0 saturated carbocycles. The molecule has 0 amide bonds. The molecule has 2 unspecified atom stereocenters. The topological polar surface area (TPSA) is 130 Å². The molecule has 1 rings (SSSR count). The lowest BCUT2D eigenvalue weighted by molar-refractivity contribution is -0.151. The van der Waals surface area contributed by atoms with Gasteiger partial charge in [-0.2, -0.15) is 0 Å². The van der Waals surface area contributed by atoms with E-state index in [0.29, 0.717) is 6.42 Å². The van der Waals surface area contributed by atoms with Crippen molar-refractivity contribution in [1.29, 1.82) is 0 Å². The fraction of sp³-hybridized carbons (Fsp3) is 0.429. The Morgan fingerprint density at radius 1 is 1.33 bits per heavy atom. The maximum atomic E-state index is 12.1. The van der Waals surface area contributed by atoms with Crippen LogP contribution in [0.1, 0.15) is 31.2 Å². The highest BCUT2D eigenvalue weighted by molar-refractivity contribution is 5.88. The zero-order valence-corrected chi connectivity index (χ0v) is 11.7. The second-order valence-electron chi connectivity index (χ2n) is 4.61. The van der Waals surface area contributed by atoms with E-state index < -0.39 is 29.6 Å². The summed E-state index contributed by atoms with van der Waals surface area (Å²) in [7, 11) is 0. The standard InChI is InChI=1S/C14H19NO6/c1-2-3-6-21-14(20)11(12(15)13(18)19)9-5-4-8(16)7-10(9)17/h4-5,7,11-12,16-17H,2-3,6,15H2,1H3,(H,18,19). The maximum Gasteiger partial charge on any atom is 0.321 e. The quantitative estimate of drug-likeness (QED) is 0.435. The molecule has 7 heteroatoms. The molecule has 0 aromatic heterocycles. The first-order valence-electron chi connectivity index (χ1n) is 6.55. The second-order valence-corrected chi connectivity index (χ2v) is 4.61. The molecule has 0 saturated heterocycles. The monoisotopic (exact) mass is 297 g/mol. The average molecular weight is 297 g/mol. The van der Waals surface area contributed by atoms with Crippen LogP contribution in [0.25, 0.3) is 0 Å². The fourth-order valence-electron chi connectivity index (χ4n) is 1.81. The number of phenols is 2. The Labute approximate surface area is 122 Å². The van der Waals surface area contributed by atoms with Gasteiger partial charge in [-0.15, -0.1) is 0 Å². The van der Waals surface area contributed by atoms with Crippen molar-refractivity contribution in [3.05, 3.63) is 23.8 Å². The van der Waals surface area contributed by atoms with E-state index in [2.05, 4.69) is 0 Å². The number of ether oxygens (including phenoxy) is 1. The molecule has 2 atom stereocenters. The van der Waals surface area contributed by atoms with E-state index in [-0.39, 0.29) is 17.9 Å². The summed E-state index contributed by atoms with van der Waals surface area (Å²) < 4.78 is 5.00. The van der Waals surface area contributed by atoms with Gasteiger partial charge >= 0.3 is 11.9 Å². The van der Waals surface area contributed by atoms with Crippen molar-refractivity contribution in [2.75, 3.05) is 6.61 Å². The number of phenolic OH excluding ortho intramolecular Hbond substituents is 2. The number of benzene rings is 1. The van der Waals surface area contributed by atoms with E-state index in [4.69, 9.17) is 15.6 Å². The molecule has 5 N–H and O–H groups in total. The molecule has 0 fully saturated rings. The third-order valence-corrected chi connectivity index (χ3v) is 2.99. The lowest BCUT2D eigenvalue weighted by atomic mass is 9.91. The lowest BCUT2D eigenvalue weighted by Crippen LogP contribution is -2.41. The smallest absolute Gasteiger partial charge is 0.321 e. The number of hydrogen-bond donors (Lipinski definition) is 4. The van der Waals surface area contributed by atoms with Gasteiger partial charge in [0, 0.05) is 11.6 Å². The zero-order chi connectivity index (χ0) is 16.0. The minimum atomic E-state index is -1.56. The SMILES string of the molecule is CCCCOC(=O)C(c1ccc(O)cc1O)C(N)C(=O)O. The van der Waals surface area contributed by atoms with Crippen LogP contribution in [0.2, 0.25) is 0 Å². The Balaban J connectivity index is 3.07. The number of aromatic hydroxyl groups is 2. The Kier molecular flexibility index (Phi) is 5.98. The van der Waals surface area contributed by atoms with Gasteiger partial charge in [-0.25, -0.2) is 0 Å². The molecule has 0 spiro atoms. The molecule has 0 aliphatic heterocycles. The van der Waals surface area contributed by atoms with Gasteiger partial charge in [-0.1, -0.05) is 19.4 Å². The number of carboxylic acid groups (broad SMARTS) is 1. The first-order chi connectivity index (χ1) is 9.88. The predicted octanol–water partition coefficient (Wildman–Crippen LogP) is 0.937. The van der Waals surface area contributed by atoms with Gasteiger partial charge in [0.15, 0.2) is 0 Å². The van der Waals surface area contributed by atoms with E-state index in [9.17, 15) is 19.8 Å². The van der Waals surface area contributed by atoms with Crippen molar-refractivity contribution < 1.29 is 29.6 Å². The van der Waals surface area contributed by atoms with Crippen LogP contribution in [0.5, 0.6) is 11.5 Å². The first-order valence-corrected chi connectivity index (χ1v) is 6.55. The number of carbonyl (C=O) groups excluding carboxylic acids is 1. The third-order valence-electron chi connectivity index (χ3n) is 2.99. The van der Waals surface area contributed by atoms with Crippen molar-refractivity contribution in [3.8, 4) is 11.5 Å². The van der Waals surface area contributed by atoms with Crippen LogP contribution in [0.3, 0.4) is 0 Å². The minimum absolute atomic E-state index is 0.00389. The van der Waals surface area contributed by atoms with Gasteiger partial charge in [0.05, 0.1) is 6.61 Å². The van der Waals surface area contributed by atoms with Gasteiger partial charge in [-0.05, 0) is 12.5 Å². The molecule has 1 aromatic rings. The van der Waals surface area contributed by atoms with Gasteiger partial charge in [0.25, 0.3) is 0 Å². The van der Waals surface area contributed by atoms with Crippen LogP contribution < -0.4 is 5.73 Å². The van der Waals surface area contributed by atoms with Crippen molar-refractivity contribution in [2.45, 2.75) is 31.7 Å². The van der Waals surface area contributed by atoms with E-state index in [1.54, 1.807) is 0 Å². The minimum Gasteiger partial charge on any atom is -0.508 e. The Morgan fingerprint density at radius 3 is 2.52 bits per heavy atom. The van der Waals surface area contributed by atoms with Gasteiger partial charge in [0.1, 0.15) is 23.5 Å². The van der Waals surface area contributed by atoms with E-state index in [1.807, 2.05) is 6.92 Å². The molecule has 1 aromatic carbocycles. The molecule has 7 nitrogen and oxygen atoms in total. The summed E-state index contributed by atoms with van der Waals surface area (Å²) in [6, 6.07) is 1.93. The van der Waals surface area contributed by atoms with Crippen LogP contribution >= 0.6 is 0 Å². The highest BCUT2D eigenvalue weighted by Crippen LogP contribution is 2.31. The number of aliphatic carboxylic acids is 1. The summed E-state index contributed by atoms with van der Waals surface area (Å²) in [6.45, 7) is 2.07. The highest BCUT2D eigenvalue weighted by Gasteiger charge is 2.35. The normalized spacial score (nSPS) is 13.4. The molecule has 0 radical (unpaired) electrons. The van der Waals surface area contributed by atoms with Crippen molar-refractivity contribution >= 4 is 11.9 Å². The number of rotatable bonds is 7. The average Bonchev–Trinajstić information content (AvgIpc) is 2.41. The molecular formula is C14H19NO6. The number of carboxylic acids is 1. The largest absolute Gasteiger partial charge is 0.508 e. The van der Waals surface area contributed by atoms with E-state index >= 15 is 0 Å². The molecule has 0 heterocycles. The summed E-state index contributed by atoms with van der Waals surface area (Å²) in [5.74, 6) is -4.18. The van der Waals surface area contributed by atoms with Crippen LogP contribution in [0.4, 0.5) is 0 Å². The van der Waals surface area contributed by atoms with Crippen LogP contribution in [-0.2, 0) is 14.3 Å². The molecule has 21 heavy (non-hydrogen) atoms. The predicted molar refractivity (Wildman–Crippen MR) is 74.0 cm³/mol. The Bertz CT molecular complexity index is 516. The summed E-state index contributed by atoms with van der Waals surface area (Å²) in [5, 5.41) is 28.1. The summed E-state index contributed by atoms with van der Waals surface area (Å²) in [6.07, 6.45) is 1.45. The molecular weight excluding hydrogens is 278 g/mol. The Hall–Kier alpha value is -2.28. The maximum absolute atomic E-state index is 12.1. The fourth-order valence-corrected chi connectivity index (χ4v) is 1.81. The van der Waals surface area contributed by atoms with E-state index in [0.717, 1.165) is 12.5 Å². The number of unbranched alkanes of at least 4 members (excludes halogenated alkanes) is 1. The van der Waals surface area contributed by atoms with Gasteiger partial charge in [0.2, 0.25) is 0 Å². The van der Waals surface area contributed by atoms with Gasteiger partial charge < -0.3 is 25.8 Å². The van der Waals surface area contributed by atoms with Crippen molar-refractivity contribution in [1.82, 2.24) is 0 Å². The molecule has 0 aliphatic carbocycles. The van der Waals surface area contributed by atoms with Crippen LogP contribution in [0.15, 0.2) is 18.2 Å². The summed E-state index contributed by atoms with van der Waals surface area (Å²) >= 11 is 0. The molecule has 0 aliphatic rings. The highest BCUT2D eigenvalue weighted by atomic mass is 16.5. The molecule has 116 valence electrons. The zero-order valence-electron chi connectivity index (χ0n) is 11.7. The summed E-state index contributed by atoms with van der Waals surface area (Å²) in [5.41, 5.74) is 5.53. The lowest BCUT2D eigenvalue weighted by Gasteiger charge is -2.20. The molecule has 0 bridgehead atoms. The first kappa shape index (κ1) is 16.8. The Morgan fingerprint density at radius 2 is 2.00 bits per heavy atom. The van der Waals surface area contributed by atoms with Gasteiger partial charge in [-0.3, -0.25) is 9.59 Å². The third kappa shape index (κ3) is 4.35. The second kappa shape index (κ2) is 7.49. The summed E-state index contributed by atoms with van der Waals surface area (Å²) in [4.78, 5) is 23.1. The number of hydrogen-bond acceptors (Lipinski definition) is 6. The number of esters is 1. The number of nitrogens with two attached hydrogens (primary N) is 1. The van der Waals surface area contributed by atoms with Crippen LogP contribution in [0, 0.1) is 0 Å².